The molecule has 0 spiro atoms. The number of ether oxygens (including phenoxy) is 1. The fraction of sp³-hybridized carbons (Fsp3) is 0.455. The van der Waals surface area contributed by atoms with Crippen molar-refractivity contribution in [3.8, 4) is 0 Å². The number of nitrogens with zero attached hydrogens (tertiary/aromatic N) is 1. The van der Waals surface area contributed by atoms with E-state index in [0.717, 1.165) is 11.3 Å². The van der Waals surface area contributed by atoms with Gasteiger partial charge in [-0.15, -0.1) is 0 Å². The normalized spacial score (nSPS) is 12.1. The second-order valence-corrected chi connectivity index (χ2v) is 3.87. The van der Waals surface area contributed by atoms with E-state index in [1.165, 1.54) is 0 Å². The summed E-state index contributed by atoms with van der Waals surface area (Å²) in [7, 11) is 0. The van der Waals surface area contributed by atoms with E-state index < -0.39 is 0 Å². The minimum absolute atomic E-state index is 0.143. The summed E-state index contributed by atoms with van der Waals surface area (Å²) in [5, 5.41) is 3.22. The first-order valence-corrected chi connectivity index (χ1v) is 5.65. The molecule has 1 aromatic rings. The summed E-state index contributed by atoms with van der Waals surface area (Å²) in [6, 6.07) is 1.80. The van der Waals surface area contributed by atoms with Crippen molar-refractivity contribution in [3.63, 3.8) is 0 Å². The molecule has 1 unspecified atom stereocenters. The summed E-state index contributed by atoms with van der Waals surface area (Å²) in [6.45, 7) is 5.39. The molecule has 3 N–H and O–H groups in total. The Kier molecular flexibility index (Phi) is 5.14. The Morgan fingerprint density at radius 1 is 1.69 bits per heavy atom. The summed E-state index contributed by atoms with van der Waals surface area (Å²) < 4.78 is 5.42. The molecule has 1 heterocycles. The van der Waals surface area contributed by atoms with Gasteiger partial charge in [0.1, 0.15) is 4.99 Å². The highest BCUT2D eigenvalue weighted by molar-refractivity contribution is 7.80. The number of nitrogens with one attached hydrogen (secondary N) is 1. The summed E-state index contributed by atoms with van der Waals surface area (Å²) in [5.41, 5.74) is 7.27. The van der Waals surface area contributed by atoms with Crippen LogP contribution in [0, 0.1) is 0 Å². The number of hydrogen-bond donors (Lipinski definition) is 2. The zero-order valence-electron chi connectivity index (χ0n) is 9.56. The van der Waals surface area contributed by atoms with Crippen LogP contribution < -0.4 is 11.1 Å². The SMILES string of the molecule is CCOC(C)CNc1cnccc1C(N)=S. The van der Waals surface area contributed by atoms with E-state index in [4.69, 9.17) is 22.7 Å². The van der Waals surface area contributed by atoms with Crippen LogP contribution in [0.5, 0.6) is 0 Å². The number of anilines is 1. The van der Waals surface area contributed by atoms with Gasteiger partial charge in [0, 0.05) is 24.9 Å². The van der Waals surface area contributed by atoms with Crippen LogP contribution in [-0.4, -0.2) is 29.2 Å². The molecule has 4 nitrogen and oxygen atoms in total. The Hall–Kier alpha value is -1.20. The lowest BCUT2D eigenvalue weighted by molar-refractivity contribution is 0.0855. The molecule has 0 amide bonds. The molecule has 88 valence electrons. The van der Waals surface area contributed by atoms with Crippen molar-refractivity contribution in [2.45, 2.75) is 20.0 Å². The van der Waals surface area contributed by atoms with Gasteiger partial charge in [-0.05, 0) is 19.9 Å². The van der Waals surface area contributed by atoms with Crippen LogP contribution in [0.2, 0.25) is 0 Å². The van der Waals surface area contributed by atoms with Crippen molar-refractivity contribution in [1.82, 2.24) is 4.98 Å². The summed E-state index contributed by atoms with van der Waals surface area (Å²) >= 11 is 4.96. The Morgan fingerprint density at radius 2 is 2.44 bits per heavy atom. The molecular weight excluding hydrogens is 222 g/mol. The first kappa shape index (κ1) is 12.9. The third-order valence-corrected chi connectivity index (χ3v) is 2.34. The molecule has 1 rings (SSSR count). The molecule has 0 radical (unpaired) electrons. The van der Waals surface area contributed by atoms with Gasteiger partial charge < -0.3 is 15.8 Å². The van der Waals surface area contributed by atoms with Crippen molar-refractivity contribution in [2.24, 2.45) is 5.73 Å². The van der Waals surface area contributed by atoms with E-state index in [2.05, 4.69) is 10.3 Å². The molecule has 0 aliphatic rings. The molecule has 0 saturated carbocycles. The number of hydrogen-bond acceptors (Lipinski definition) is 4. The van der Waals surface area contributed by atoms with Gasteiger partial charge in [0.15, 0.2) is 0 Å². The monoisotopic (exact) mass is 239 g/mol. The van der Waals surface area contributed by atoms with E-state index in [1.54, 1.807) is 18.5 Å². The Bertz CT molecular complexity index is 357. The minimum Gasteiger partial charge on any atom is -0.389 e. The first-order valence-electron chi connectivity index (χ1n) is 5.24. The highest BCUT2D eigenvalue weighted by atomic mass is 32.1. The van der Waals surface area contributed by atoms with Gasteiger partial charge in [0.25, 0.3) is 0 Å². The second kappa shape index (κ2) is 6.40. The van der Waals surface area contributed by atoms with Crippen molar-refractivity contribution in [1.29, 1.82) is 0 Å². The lowest BCUT2D eigenvalue weighted by Crippen LogP contribution is -2.22. The van der Waals surface area contributed by atoms with E-state index in [0.29, 0.717) is 18.1 Å². The fourth-order valence-electron chi connectivity index (χ4n) is 1.35. The largest absolute Gasteiger partial charge is 0.389 e. The van der Waals surface area contributed by atoms with Gasteiger partial charge in [0.05, 0.1) is 18.0 Å². The minimum atomic E-state index is 0.143. The smallest absolute Gasteiger partial charge is 0.106 e. The zero-order chi connectivity index (χ0) is 12.0. The standard InChI is InChI=1S/C11H17N3OS/c1-3-15-8(2)6-14-10-7-13-5-4-9(10)11(12)16/h4-5,7-8,14H,3,6H2,1-2H3,(H2,12,16). The highest BCUT2D eigenvalue weighted by Gasteiger charge is 2.06. The summed E-state index contributed by atoms with van der Waals surface area (Å²) in [4.78, 5) is 4.40. The number of pyridine rings is 1. The molecule has 0 aromatic carbocycles. The van der Waals surface area contributed by atoms with Gasteiger partial charge in [-0.3, -0.25) is 4.98 Å². The quantitative estimate of drug-likeness (QED) is 0.738. The van der Waals surface area contributed by atoms with Crippen LogP contribution in [0.25, 0.3) is 0 Å². The highest BCUT2D eigenvalue weighted by Crippen LogP contribution is 2.13. The summed E-state index contributed by atoms with van der Waals surface area (Å²) in [5.74, 6) is 0. The predicted octanol–water partition coefficient (Wildman–Crippen LogP) is 1.55. The summed E-state index contributed by atoms with van der Waals surface area (Å²) in [6.07, 6.45) is 3.53. The van der Waals surface area contributed by atoms with Gasteiger partial charge in [-0.25, -0.2) is 0 Å². The molecule has 1 aromatic heterocycles. The molecule has 5 heteroatoms. The zero-order valence-corrected chi connectivity index (χ0v) is 10.4. The maximum atomic E-state index is 5.61. The molecule has 0 bridgehead atoms. The van der Waals surface area contributed by atoms with E-state index in [1.807, 2.05) is 13.8 Å². The van der Waals surface area contributed by atoms with E-state index in [-0.39, 0.29) is 6.10 Å². The maximum Gasteiger partial charge on any atom is 0.106 e. The molecule has 0 fully saturated rings. The topological polar surface area (TPSA) is 60.2 Å². The van der Waals surface area contributed by atoms with Crippen LogP contribution in [0.15, 0.2) is 18.5 Å². The first-order chi connectivity index (χ1) is 7.65. The van der Waals surface area contributed by atoms with E-state index in [9.17, 15) is 0 Å². The molecule has 0 aliphatic heterocycles. The van der Waals surface area contributed by atoms with Crippen molar-refractivity contribution >= 4 is 22.9 Å². The lowest BCUT2D eigenvalue weighted by Gasteiger charge is -2.15. The molecule has 0 saturated heterocycles. The van der Waals surface area contributed by atoms with Crippen LogP contribution >= 0.6 is 12.2 Å². The average Bonchev–Trinajstić information content (AvgIpc) is 2.27. The fourth-order valence-corrected chi connectivity index (χ4v) is 1.53. The molecular formula is C11H17N3OS. The molecule has 1 atom stereocenters. The van der Waals surface area contributed by atoms with Crippen LogP contribution in [0.4, 0.5) is 5.69 Å². The average molecular weight is 239 g/mol. The van der Waals surface area contributed by atoms with Gasteiger partial charge in [0.2, 0.25) is 0 Å². The second-order valence-electron chi connectivity index (χ2n) is 3.43. The van der Waals surface area contributed by atoms with Crippen molar-refractivity contribution < 1.29 is 4.74 Å². The van der Waals surface area contributed by atoms with Crippen LogP contribution in [0.1, 0.15) is 19.4 Å². The third kappa shape index (κ3) is 3.75. The van der Waals surface area contributed by atoms with Crippen molar-refractivity contribution in [3.05, 3.63) is 24.0 Å². The number of aromatic nitrogens is 1. The molecule has 16 heavy (non-hydrogen) atoms. The Morgan fingerprint density at radius 3 is 3.06 bits per heavy atom. The molecule has 0 aliphatic carbocycles. The van der Waals surface area contributed by atoms with Crippen molar-refractivity contribution in [2.75, 3.05) is 18.5 Å². The number of rotatable bonds is 6. The van der Waals surface area contributed by atoms with E-state index >= 15 is 0 Å². The van der Waals surface area contributed by atoms with Crippen LogP contribution in [-0.2, 0) is 4.74 Å². The van der Waals surface area contributed by atoms with Gasteiger partial charge in [-0.2, -0.15) is 0 Å². The predicted molar refractivity (Wildman–Crippen MR) is 69.7 cm³/mol. The van der Waals surface area contributed by atoms with Gasteiger partial charge >= 0.3 is 0 Å². The number of nitrogens with two attached hydrogens (primary N) is 1. The third-order valence-electron chi connectivity index (χ3n) is 2.12. The Balaban J connectivity index is 2.63. The van der Waals surface area contributed by atoms with Gasteiger partial charge in [-0.1, -0.05) is 12.2 Å². The number of thiocarbonyl (C=S) groups is 1. The lowest BCUT2D eigenvalue weighted by atomic mass is 10.2. The Labute approximate surface area is 101 Å². The maximum absolute atomic E-state index is 5.61. The van der Waals surface area contributed by atoms with Crippen LogP contribution in [0.3, 0.4) is 0 Å².